The van der Waals surface area contributed by atoms with Crippen molar-refractivity contribution in [1.29, 1.82) is 0 Å². The van der Waals surface area contributed by atoms with E-state index in [0.29, 0.717) is 80.9 Å². The summed E-state index contributed by atoms with van der Waals surface area (Å²) in [6, 6.07) is 0. The van der Waals surface area contributed by atoms with Crippen LogP contribution < -0.4 is 16.0 Å². The molecule has 3 amide bonds. The molecule has 0 aromatic heterocycles. The van der Waals surface area contributed by atoms with Crippen LogP contribution in [0.4, 0.5) is 4.79 Å². The van der Waals surface area contributed by atoms with Crippen LogP contribution in [0.2, 0.25) is 0 Å². The van der Waals surface area contributed by atoms with Gasteiger partial charge in [0.15, 0.2) is 6.29 Å². The number of aliphatic hydroxyl groups is 4. The van der Waals surface area contributed by atoms with Crippen molar-refractivity contribution in [3.63, 3.8) is 0 Å². The van der Waals surface area contributed by atoms with E-state index in [4.69, 9.17) is 23.7 Å². The number of carbonyl (C=O) groups is 3. The van der Waals surface area contributed by atoms with E-state index >= 15 is 0 Å². The summed E-state index contributed by atoms with van der Waals surface area (Å²) in [5.41, 5.74) is 0.681. The minimum Gasteiger partial charge on any atom is -0.446 e. The minimum atomic E-state index is -1.49. The number of allylic oxidation sites excluding steroid dienone is 2. The summed E-state index contributed by atoms with van der Waals surface area (Å²) < 4.78 is 27.7. The summed E-state index contributed by atoms with van der Waals surface area (Å²) in [6.45, 7) is 12.3. The van der Waals surface area contributed by atoms with Gasteiger partial charge in [-0.25, -0.2) is 4.79 Å². The van der Waals surface area contributed by atoms with Crippen molar-refractivity contribution < 1.29 is 58.5 Å². The number of nitrogens with one attached hydrogen (secondary N) is 3. The third-order valence-corrected chi connectivity index (χ3v) is 19.1. The fourth-order valence-electron chi connectivity index (χ4n) is 14.6. The van der Waals surface area contributed by atoms with Gasteiger partial charge in [0, 0.05) is 32.5 Å². The van der Waals surface area contributed by atoms with Gasteiger partial charge in [-0.05, 0) is 155 Å². The highest BCUT2D eigenvalue weighted by Crippen LogP contribution is 2.68. The van der Waals surface area contributed by atoms with E-state index < -0.39 is 37.3 Å². The van der Waals surface area contributed by atoms with Gasteiger partial charge < -0.3 is 60.1 Å². The zero-order valence-corrected chi connectivity index (χ0v) is 48.0. The number of rotatable bonds is 38. The lowest BCUT2D eigenvalue weighted by Gasteiger charge is -2.61. The molecule has 1 heterocycles. The van der Waals surface area contributed by atoms with Crippen molar-refractivity contribution in [3.8, 4) is 0 Å². The van der Waals surface area contributed by atoms with Gasteiger partial charge in [0.05, 0.1) is 39.6 Å². The summed E-state index contributed by atoms with van der Waals surface area (Å²) >= 11 is 0. The second-order valence-electron chi connectivity index (χ2n) is 24.4. The molecule has 1 saturated heterocycles. The van der Waals surface area contributed by atoms with Crippen LogP contribution >= 0.6 is 0 Å². The summed E-state index contributed by atoms with van der Waals surface area (Å²) in [5.74, 6) is 4.24. The molecule has 0 radical (unpaired) electrons. The molecule has 5 rings (SSSR count). The van der Waals surface area contributed by atoms with E-state index in [2.05, 4.69) is 55.8 Å². The maximum absolute atomic E-state index is 13.0. The van der Waals surface area contributed by atoms with Gasteiger partial charge in [-0.3, -0.25) is 9.59 Å². The number of ether oxygens (including phenoxy) is 5. The SMILES string of the molecule is CCCCCCCC/C=C\CCCCCCCCNC(=O)O[C@@H]1CC[C@@]2(C)C(CCC3C2CC[C@@]2(C)C3CC[C@@H]2[C@H](C)CCC(=O)NCCCCCC(=O)NCCOCCOCCO[C@@H]2OC(CO)[C@H](O)[C@H](O)C2O)C1. The summed E-state index contributed by atoms with van der Waals surface area (Å²) in [7, 11) is 0. The Morgan fingerprint density at radius 2 is 1.24 bits per heavy atom. The fraction of sp³-hybridized carbons (Fsp3) is 0.918. The Labute approximate surface area is 459 Å². The van der Waals surface area contributed by atoms with Crippen LogP contribution in [0, 0.1) is 46.3 Å². The molecule has 1 aliphatic heterocycles. The topological polar surface area (TPSA) is 214 Å². The molecule has 440 valence electrons. The predicted octanol–water partition coefficient (Wildman–Crippen LogP) is 9.84. The number of alkyl carbamates (subject to hydrolysis) is 1. The van der Waals surface area contributed by atoms with E-state index in [1.807, 2.05) is 0 Å². The van der Waals surface area contributed by atoms with E-state index in [0.717, 1.165) is 62.7 Å². The van der Waals surface area contributed by atoms with Gasteiger partial charge in [-0.2, -0.15) is 0 Å². The number of fused-ring (bicyclic) bond motifs is 5. The average molecular weight is 1080 g/mol. The molecule has 15 heteroatoms. The zero-order chi connectivity index (χ0) is 54.6. The molecule has 7 N–H and O–H groups in total. The van der Waals surface area contributed by atoms with Gasteiger partial charge >= 0.3 is 6.09 Å². The lowest BCUT2D eigenvalue weighted by atomic mass is 9.44. The monoisotopic (exact) mass is 1080 g/mol. The number of unbranched alkanes of at least 4 members (excludes halogenated alkanes) is 14. The maximum atomic E-state index is 13.0. The highest BCUT2D eigenvalue weighted by Gasteiger charge is 2.61. The van der Waals surface area contributed by atoms with Crippen LogP contribution in [0.15, 0.2) is 12.2 Å². The smallest absolute Gasteiger partial charge is 0.407 e. The molecule has 4 saturated carbocycles. The second kappa shape index (κ2) is 35.4. The third-order valence-electron chi connectivity index (χ3n) is 19.1. The van der Waals surface area contributed by atoms with Crippen molar-refractivity contribution in [2.24, 2.45) is 46.3 Å². The number of hydrogen-bond acceptors (Lipinski definition) is 12. The molecule has 4 aliphatic carbocycles. The van der Waals surface area contributed by atoms with Crippen LogP contribution in [0.3, 0.4) is 0 Å². The van der Waals surface area contributed by atoms with Gasteiger partial charge in [-0.1, -0.05) is 104 Å². The number of aliphatic hydroxyl groups excluding tert-OH is 4. The van der Waals surface area contributed by atoms with Crippen LogP contribution in [0.1, 0.15) is 214 Å². The highest BCUT2D eigenvalue weighted by molar-refractivity contribution is 5.76. The molecule has 5 aliphatic rings. The average Bonchev–Trinajstić information content (AvgIpc) is 3.80. The largest absolute Gasteiger partial charge is 0.446 e. The van der Waals surface area contributed by atoms with Crippen molar-refractivity contribution in [1.82, 2.24) is 16.0 Å². The standard InChI is InChI=1S/C61H109N3O12/c1-5-6-7-8-9-10-11-12-13-14-15-16-17-18-19-22-36-64-59(71)75-47-31-33-60(3)46(43-47)26-27-48-50-29-28-49(61(50,4)34-32-51(48)60)45(2)25-30-54(67)62-35-23-20-21-24-53(66)63-37-38-72-39-40-73-41-42-74-58-57(70)56(69)55(68)52(44-65)76-58/h12-13,45-52,55-58,65,68-70H,5-11,14-44H2,1-4H3,(H,62,67)(H,63,66)(H,64,71)/b13-12-/t45-,46?,47-,48?,49-,50?,51?,52?,55+,56+,57?,58-,60+,61-/m1/s1. The molecule has 0 spiro atoms. The van der Waals surface area contributed by atoms with E-state index in [1.165, 1.54) is 128 Å². The third kappa shape index (κ3) is 20.6. The van der Waals surface area contributed by atoms with Gasteiger partial charge in [0.2, 0.25) is 11.8 Å². The van der Waals surface area contributed by atoms with Crippen LogP contribution in [-0.2, 0) is 33.3 Å². The molecule has 14 atom stereocenters. The molecule has 0 aromatic carbocycles. The van der Waals surface area contributed by atoms with Crippen molar-refractivity contribution in [2.75, 3.05) is 59.3 Å². The number of hydrogen-bond donors (Lipinski definition) is 7. The molecule has 76 heavy (non-hydrogen) atoms. The fourth-order valence-corrected chi connectivity index (χ4v) is 14.6. The van der Waals surface area contributed by atoms with Crippen LogP contribution in [0.5, 0.6) is 0 Å². The quantitative estimate of drug-likeness (QED) is 0.0227. The predicted molar refractivity (Wildman–Crippen MR) is 297 cm³/mol. The summed E-state index contributed by atoms with van der Waals surface area (Å²) in [5, 5.41) is 48.1. The van der Waals surface area contributed by atoms with Crippen molar-refractivity contribution >= 4 is 17.9 Å². The Hall–Kier alpha value is -2.37. The van der Waals surface area contributed by atoms with Crippen LogP contribution in [0.25, 0.3) is 0 Å². The van der Waals surface area contributed by atoms with Gasteiger partial charge in [-0.15, -0.1) is 0 Å². The summed E-state index contributed by atoms with van der Waals surface area (Å²) in [4.78, 5) is 38.2. The van der Waals surface area contributed by atoms with Crippen molar-refractivity contribution in [3.05, 3.63) is 12.2 Å². The molecule has 5 fully saturated rings. The molecule has 15 nitrogen and oxygen atoms in total. The molecule has 0 bridgehead atoms. The summed E-state index contributed by atoms with van der Waals surface area (Å²) in [6.07, 6.45) is 31.3. The molecular formula is C61H109N3O12. The first-order valence-corrected chi connectivity index (χ1v) is 31.0. The Kier molecular flexibility index (Phi) is 30.0. The second-order valence-corrected chi connectivity index (χ2v) is 24.4. The van der Waals surface area contributed by atoms with Crippen LogP contribution in [-0.4, -0.2) is 134 Å². The van der Waals surface area contributed by atoms with E-state index in [-0.39, 0.29) is 37.2 Å². The lowest BCUT2D eigenvalue weighted by molar-refractivity contribution is -0.302. The minimum absolute atomic E-state index is 0.0224. The van der Waals surface area contributed by atoms with E-state index in [9.17, 15) is 34.8 Å². The molecular weight excluding hydrogens is 967 g/mol. The Bertz CT molecular complexity index is 1650. The maximum Gasteiger partial charge on any atom is 0.407 e. The Morgan fingerprint density at radius 3 is 1.96 bits per heavy atom. The molecule has 0 aromatic rings. The van der Waals surface area contributed by atoms with Crippen molar-refractivity contribution in [2.45, 2.75) is 251 Å². The normalized spacial score (nSPS) is 31.6. The first kappa shape index (κ1) is 64.5. The first-order valence-electron chi connectivity index (χ1n) is 31.0. The number of amides is 3. The molecule has 6 unspecified atom stereocenters. The Balaban J connectivity index is 0.836. The van der Waals surface area contributed by atoms with E-state index in [1.54, 1.807) is 0 Å². The first-order chi connectivity index (χ1) is 36.8. The van der Waals surface area contributed by atoms with Gasteiger partial charge in [0.25, 0.3) is 0 Å². The highest BCUT2D eigenvalue weighted by atomic mass is 16.7. The Morgan fingerprint density at radius 1 is 0.632 bits per heavy atom. The van der Waals surface area contributed by atoms with Gasteiger partial charge in [0.1, 0.15) is 30.5 Å². The number of carbonyl (C=O) groups excluding carboxylic acids is 3. The zero-order valence-electron chi connectivity index (χ0n) is 48.0. The lowest BCUT2D eigenvalue weighted by Crippen LogP contribution is -2.59.